The van der Waals surface area contributed by atoms with Gasteiger partial charge < -0.3 is 14.7 Å². The lowest BCUT2D eigenvalue weighted by Crippen LogP contribution is -2.34. The maximum Gasteiger partial charge on any atom is 0.328 e. The van der Waals surface area contributed by atoms with Crippen molar-refractivity contribution >= 4 is 12.0 Å². The molecule has 1 aliphatic carbocycles. The van der Waals surface area contributed by atoms with Gasteiger partial charge in [-0.25, -0.2) is 4.79 Å². The van der Waals surface area contributed by atoms with Gasteiger partial charge in [0.25, 0.3) is 5.89 Å². The molecular formula is C9H10N2O4. The van der Waals surface area contributed by atoms with Crippen LogP contribution in [-0.4, -0.2) is 26.3 Å². The van der Waals surface area contributed by atoms with Crippen LogP contribution in [0.2, 0.25) is 0 Å². The van der Waals surface area contributed by atoms with E-state index in [1.807, 2.05) is 0 Å². The molecule has 0 radical (unpaired) electrons. The van der Waals surface area contributed by atoms with Crippen LogP contribution in [0.3, 0.4) is 0 Å². The highest BCUT2D eigenvalue weighted by atomic mass is 16.5. The van der Waals surface area contributed by atoms with Crippen LogP contribution in [0.25, 0.3) is 6.08 Å². The van der Waals surface area contributed by atoms with Crippen molar-refractivity contribution in [3.05, 3.63) is 17.8 Å². The number of carboxylic acids is 1. The van der Waals surface area contributed by atoms with Crippen molar-refractivity contribution in [1.82, 2.24) is 10.1 Å². The van der Waals surface area contributed by atoms with Crippen LogP contribution in [0.1, 0.15) is 31.0 Å². The zero-order valence-electron chi connectivity index (χ0n) is 7.88. The van der Waals surface area contributed by atoms with Crippen LogP contribution >= 0.6 is 0 Å². The molecule has 15 heavy (non-hydrogen) atoms. The Morgan fingerprint density at radius 3 is 2.80 bits per heavy atom. The van der Waals surface area contributed by atoms with Crippen molar-refractivity contribution in [2.45, 2.75) is 24.9 Å². The van der Waals surface area contributed by atoms with Gasteiger partial charge in [-0.1, -0.05) is 5.16 Å². The van der Waals surface area contributed by atoms with Crippen molar-refractivity contribution in [2.24, 2.45) is 0 Å². The quantitative estimate of drug-likeness (QED) is 0.707. The summed E-state index contributed by atoms with van der Waals surface area (Å²) in [6.45, 7) is 0. The molecule has 1 fully saturated rings. The number of carbonyl (C=O) groups is 1. The molecule has 0 unspecified atom stereocenters. The lowest BCUT2D eigenvalue weighted by atomic mass is 9.80. The molecular weight excluding hydrogens is 200 g/mol. The molecule has 0 aliphatic heterocycles. The number of aromatic nitrogens is 2. The topological polar surface area (TPSA) is 96.5 Å². The van der Waals surface area contributed by atoms with Crippen LogP contribution in [0.4, 0.5) is 0 Å². The second kappa shape index (κ2) is 3.47. The number of nitrogens with zero attached hydrogens (tertiary/aromatic N) is 2. The molecule has 2 N–H and O–H groups in total. The Hall–Kier alpha value is -1.69. The van der Waals surface area contributed by atoms with Gasteiger partial charge in [-0.2, -0.15) is 4.98 Å². The van der Waals surface area contributed by atoms with Crippen molar-refractivity contribution < 1.29 is 19.5 Å². The Labute approximate surface area is 85.2 Å². The maximum atomic E-state index is 10.2. The molecule has 0 saturated heterocycles. The van der Waals surface area contributed by atoms with Gasteiger partial charge >= 0.3 is 5.97 Å². The van der Waals surface area contributed by atoms with Gasteiger partial charge in [0.15, 0.2) is 0 Å². The molecule has 2 rings (SSSR count). The van der Waals surface area contributed by atoms with Crippen LogP contribution in [0, 0.1) is 0 Å². The summed E-state index contributed by atoms with van der Waals surface area (Å²) in [7, 11) is 0. The molecule has 0 amide bonds. The number of aliphatic hydroxyl groups is 1. The summed E-state index contributed by atoms with van der Waals surface area (Å²) in [6.07, 6.45) is 4.28. The molecule has 1 aliphatic rings. The van der Waals surface area contributed by atoms with E-state index in [4.69, 9.17) is 9.63 Å². The number of hydrogen-bond acceptors (Lipinski definition) is 5. The van der Waals surface area contributed by atoms with E-state index in [1.165, 1.54) is 6.08 Å². The highest BCUT2D eigenvalue weighted by Gasteiger charge is 2.40. The Bertz CT molecular complexity index is 406. The first-order chi connectivity index (χ1) is 7.10. The third-order valence-corrected chi connectivity index (χ3v) is 2.41. The average molecular weight is 210 g/mol. The molecule has 1 aromatic heterocycles. The van der Waals surface area contributed by atoms with Gasteiger partial charge in [-0.05, 0) is 19.3 Å². The number of carboxylic acid groups (broad SMARTS) is 1. The van der Waals surface area contributed by atoms with E-state index < -0.39 is 11.6 Å². The molecule has 1 saturated carbocycles. The van der Waals surface area contributed by atoms with E-state index in [-0.39, 0.29) is 11.7 Å². The molecule has 6 nitrogen and oxygen atoms in total. The summed E-state index contributed by atoms with van der Waals surface area (Å²) < 4.78 is 4.77. The van der Waals surface area contributed by atoms with Gasteiger partial charge in [0, 0.05) is 12.2 Å². The second-order valence-electron chi connectivity index (χ2n) is 3.51. The molecule has 0 bridgehead atoms. The largest absolute Gasteiger partial charge is 0.478 e. The molecule has 1 aromatic rings. The molecule has 1 heterocycles. The van der Waals surface area contributed by atoms with Gasteiger partial charge in [-0.3, -0.25) is 0 Å². The molecule has 0 atom stereocenters. The molecule has 6 heteroatoms. The van der Waals surface area contributed by atoms with Gasteiger partial charge in [0.2, 0.25) is 5.82 Å². The summed E-state index contributed by atoms with van der Waals surface area (Å²) in [6, 6.07) is 0. The van der Waals surface area contributed by atoms with Crippen molar-refractivity contribution in [2.75, 3.05) is 0 Å². The SMILES string of the molecule is O=C(O)/C=C/c1nc(C2(O)CCC2)no1. The maximum absolute atomic E-state index is 10.2. The van der Waals surface area contributed by atoms with Gasteiger partial charge in [0.05, 0.1) is 0 Å². The van der Waals surface area contributed by atoms with Crippen LogP contribution in [0.5, 0.6) is 0 Å². The van der Waals surface area contributed by atoms with E-state index in [2.05, 4.69) is 10.1 Å². The smallest absolute Gasteiger partial charge is 0.328 e. The standard InChI is InChI=1S/C9H10N2O4/c12-7(13)3-2-6-10-8(11-15-6)9(14)4-1-5-9/h2-3,14H,1,4-5H2,(H,12,13)/b3-2+. The lowest BCUT2D eigenvalue weighted by molar-refractivity contribution is -0.131. The second-order valence-corrected chi connectivity index (χ2v) is 3.51. The fourth-order valence-corrected chi connectivity index (χ4v) is 1.37. The first-order valence-corrected chi connectivity index (χ1v) is 4.58. The minimum atomic E-state index is -1.09. The summed E-state index contributed by atoms with van der Waals surface area (Å²) in [5, 5.41) is 21.8. The van der Waals surface area contributed by atoms with Gasteiger partial charge in [0.1, 0.15) is 5.60 Å². The number of hydrogen-bond donors (Lipinski definition) is 2. The Kier molecular flexibility index (Phi) is 2.28. The van der Waals surface area contributed by atoms with Crippen molar-refractivity contribution in [3.8, 4) is 0 Å². The predicted octanol–water partition coefficient (Wildman–Crippen LogP) is 0.539. The number of aliphatic carboxylic acids is 1. The van der Waals surface area contributed by atoms with Crippen LogP contribution in [0.15, 0.2) is 10.6 Å². The zero-order chi connectivity index (χ0) is 10.9. The summed E-state index contributed by atoms with van der Waals surface area (Å²) in [4.78, 5) is 14.1. The van der Waals surface area contributed by atoms with Crippen molar-refractivity contribution in [1.29, 1.82) is 0 Å². The van der Waals surface area contributed by atoms with E-state index in [0.717, 1.165) is 12.5 Å². The number of rotatable bonds is 3. The average Bonchev–Trinajstić information content (AvgIpc) is 2.59. The van der Waals surface area contributed by atoms with E-state index in [0.29, 0.717) is 12.8 Å². The summed E-state index contributed by atoms with van der Waals surface area (Å²) in [5.41, 5.74) is -0.973. The van der Waals surface area contributed by atoms with Gasteiger partial charge in [-0.15, -0.1) is 0 Å². The van der Waals surface area contributed by atoms with E-state index >= 15 is 0 Å². The molecule has 0 spiro atoms. The summed E-state index contributed by atoms with van der Waals surface area (Å²) >= 11 is 0. The first kappa shape index (κ1) is 9.85. The first-order valence-electron chi connectivity index (χ1n) is 4.58. The monoisotopic (exact) mass is 210 g/mol. The molecule has 0 aromatic carbocycles. The fraction of sp³-hybridized carbons (Fsp3) is 0.444. The highest BCUT2D eigenvalue weighted by Crippen LogP contribution is 2.39. The van der Waals surface area contributed by atoms with Crippen LogP contribution < -0.4 is 0 Å². The van der Waals surface area contributed by atoms with E-state index in [1.54, 1.807) is 0 Å². The summed E-state index contributed by atoms with van der Waals surface area (Å²) in [5.74, 6) is -0.761. The third-order valence-electron chi connectivity index (χ3n) is 2.41. The van der Waals surface area contributed by atoms with Crippen LogP contribution in [-0.2, 0) is 10.4 Å². The Morgan fingerprint density at radius 2 is 2.27 bits per heavy atom. The predicted molar refractivity (Wildman–Crippen MR) is 48.7 cm³/mol. The molecule has 80 valence electrons. The lowest BCUT2D eigenvalue weighted by Gasteiger charge is -2.32. The fourth-order valence-electron chi connectivity index (χ4n) is 1.37. The third kappa shape index (κ3) is 1.89. The minimum Gasteiger partial charge on any atom is -0.478 e. The Balaban J connectivity index is 2.13. The Morgan fingerprint density at radius 1 is 1.53 bits per heavy atom. The minimum absolute atomic E-state index is 0.0905. The van der Waals surface area contributed by atoms with Crippen molar-refractivity contribution in [3.63, 3.8) is 0 Å². The highest BCUT2D eigenvalue weighted by molar-refractivity contribution is 5.84. The normalized spacial score (nSPS) is 19.0. The zero-order valence-corrected chi connectivity index (χ0v) is 7.88. The van der Waals surface area contributed by atoms with E-state index in [9.17, 15) is 9.90 Å².